The zero-order valence-electron chi connectivity index (χ0n) is 9.59. The summed E-state index contributed by atoms with van der Waals surface area (Å²) in [5, 5.41) is 0. The lowest BCUT2D eigenvalue weighted by Crippen LogP contribution is -2.29. The van der Waals surface area contributed by atoms with Crippen LogP contribution >= 0.6 is 0 Å². The van der Waals surface area contributed by atoms with Gasteiger partial charge in [-0.3, -0.25) is 9.52 Å². The first-order chi connectivity index (χ1) is 7.88. The fourth-order valence-electron chi connectivity index (χ4n) is 1.41. The van der Waals surface area contributed by atoms with Gasteiger partial charge in [-0.1, -0.05) is 30.3 Å². The van der Waals surface area contributed by atoms with Crippen molar-refractivity contribution in [3.05, 3.63) is 35.9 Å². The van der Waals surface area contributed by atoms with E-state index >= 15 is 0 Å². The van der Waals surface area contributed by atoms with E-state index in [1.165, 1.54) is 0 Å². The first-order valence-corrected chi connectivity index (χ1v) is 7.09. The molecule has 94 valence electrons. The minimum atomic E-state index is -3.48. The number of amides is 1. The molecule has 1 amide bonds. The second-order valence-corrected chi connectivity index (χ2v) is 5.60. The van der Waals surface area contributed by atoms with Crippen molar-refractivity contribution >= 4 is 15.9 Å². The standard InChI is InChI=1S/C11H16N2O3S/c1-17(15,16)13-11(14)8-7-10(12)9-5-3-2-4-6-9/h2-6,10H,7-8,12H2,1H3,(H,13,14). The molecule has 0 aliphatic heterocycles. The van der Waals surface area contributed by atoms with Crippen molar-refractivity contribution in [2.24, 2.45) is 5.73 Å². The van der Waals surface area contributed by atoms with Crippen molar-refractivity contribution in [3.8, 4) is 0 Å². The number of hydrogen-bond acceptors (Lipinski definition) is 4. The second kappa shape index (κ2) is 5.79. The molecule has 0 bridgehead atoms. The summed E-state index contributed by atoms with van der Waals surface area (Å²) in [5.41, 5.74) is 6.81. The maximum atomic E-state index is 11.2. The number of carbonyl (C=O) groups is 1. The van der Waals surface area contributed by atoms with E-state index < -0.39 is 15.9 Å². The highest BCUT2D eigenvalue weighted by molar-refractivity contribution is 7.89. The van der Waals surface area contributed by atoms with Crippen LogP contribution in [-0.4, -0.2) is 20.6 Å². The van der Waals surface area contributed by atoms with Gasteiger partial charge in [-0.2, -0.15) is 0 Å². The van der Waals surface area contributed by atoms with Crippen molar-refractivity contribution in [1.29, 1.82) is 0 Å². The maximum Gasteiger partial charge on any atom is 0.233 e. The van der Waals surface area contributed by atoms with Crippen LogP contribution in [0, 0.1) is 0 Å². The van der Waals surface area contributed by atoms with Crippen molar-refractivity contribution in [1.82, 2.24) is 4.72 Å². The van der Waals surface area contributed by atoms with Gasteiger partial charge in [0.2, 0.25) is 15.9 Å². The van der Waals surface area contributed by atoms with E-state index in [4.69, 9.17) is 5.73 Å². The third-order valence-corrected chi connectivity index (χ3v) is 2.81. The Morgan fingerprint density at radius 1 is 1.35 bits per heavy atom. The van der Waals surface area contributed by atoms with Crippen LogP contribution in [0.15, 0.2) is 30.3 Å². The molecule has 6 heteroatoms. The van der Waals surface area contributed by atoms with Crippen LogP contribution in [0.4, 0.5) is 0 Å². The molecular weight excluding hydrogens is 240 g/mol. The lowest BCUT2D eigenvalue weighted by molar-refractivity contribution is -0.119. The summed E-state index contributed by atoms with van der Waals surface area (Å²) in [6, 6.07) is 9.10. The van der Waals surface area contributed by atoms with Gasteiger partial charge in [-0.25, -0.2) is 8.42 Å². The summed E-state index contributed by atoms with van der Waals surface area (Å²) >= 11 is 0. The fourth-order valence-corrected chi connectivity index (χ4v) is 1.93. The Labute approximate surface area is 101 Å². The third kappa shape index (κ3) is 5.46. The lowest BCUT2D eigenvalue weighted by Gasteiger charge is -2.11. The minimum absolute atomic E-state index is 0.0864. The van der Waals surface area contributed by atoms with Gasteiger partial charge in [0.05, 0.1) is 6.26 Å². The van der Waals surface area contributed by atoms with E-state index in [-0.39, 0.29) is 12.5 Å². The number of sulfonamides is 1. The van der Waals surface area contributed by atoms with Crippen LogP contribution in [0.1, 0.15) is 24.4 Å². The van der Waals surface area contributed by atoms with E-state index in [9.17, 15) is 13.2 Å². The van der Waals surface area contributed by atoms with Crippen molar-refractivity contribution in [2.45, 2.75) is 18.9 Å². The van der Waals surface area contributed by atoms with Crippen LogP contribution in [0.25, 0.3) is 0 Å². The monoisotopic (exact) mass is 256 g/mol. The van der Waals surface area contributed by atoms with Crippen LogP contribution in [0.3, 0.4) is 0 Å². The summed E-state index contributed by atoms with van der Waals surface area (Å²) < 4.78 is 23.5. The van der Waals surface area contributed by atoms with Gasteiger partial charge in [0, 0.05) is 12.5 Å². The Kier molecular flexibility index (Phi) is 4.65. The Morgan fingerprint density at radius 3 is 2.47 bits per heavy atom. The van der Waals surface area contributed by atoms with E-state index in [0.29, 0.717) is 6.42 Å². The van der Waals surface area contributed by atoms with Crippen LogP contribution < -0.4 is 10.5 Å². The number of nitrogens with two attached hydrogens (primary N) is 1. The minimum Gasteiger partial charge on any atom is -0.324 e. The van der Waals surface area contributed by atoms with Crippen molar-refractivity contribution in [3.63, 3.8) is 0 Å². The third-order valence-electron chi connectivity index (χ3n) is 2.21. The van der Waals surface area contributed by atoms with Gasteiger partial charge < -0.3 is 5.73 Å². The molecule has 0 radical (unpaired) electrons. The largest absolute Gasteiger partial charge is 0.324 e. The molecule has 17 heavy (non-hydrogen) atoms. The van der Waals surface area contributed by atoms with Crippen molar-refractivity contribution < 1.29 is 13.2 Å². The van der Waals surface area contributed by atoms with E-state index in [2.05, 4.69) is 0 Å². The molecule has 0 aliphatic rings. The van der Waals surface area contributed by atoms with Gasteiger partial charge >= 0.3 is 0 Å². The number of carbonyl (C=O) groups excluding carboxylic acids is 1. The first-order valence-electron chi connectivity index (χ1n) is 5.19. The highest BCUT2D eigenvalue weighted by Gasteiger charge is 2.11. The molecule has 1 rings (SSSR count). The molecule has 5 nitrogen and oxygen atoms in total. The Morgan fingerprint density at radius 2 is 1.94 bits per heavy atom. The summed E-state index contributed by atoms with van der Waals surface area (Å²) in [7, 11) is -3.48. The van der Waals surface area contributed by atoms with Gasteiger partial charge in [0.15, 0.2) is 0 Å². The number of rotatable bonds is 5. The molecule has 0 saturated carbocycles. The molecular formula is C11H16N2O3S. The Bertz CT molecular complexity index is 471. The summed E-state index contributed by atoms with van der Waals surface area (Å²) in [5.74, 6) is -0.529. The number of hydrogen-bond donors (Lipinski definition) is 2. The quantitative estimate of drug-likeness (QED) is 0.804. The topological polar surface area (TPSA) is 89.3 Å². The second-order valence-electron chi connectivity index (χ2n) is 3.85. The molecule has 0 fully saturated rings. The van der Waals surface area contributed by atoms with Crippen LogP contribution in [0.5, 0.6) is 0 Å². The molecule has 1 aromatic rings. The average Bonchev–Trinajstić information content (AvgIpc) is 2.25. The first kappa shape index (κ1) is 13.7. The zero-order valence-corrected chi connectivity index (χ0v) is 10.4. The van der Waals surface area contributed by atoms with Gasteiger partial charge in [-0.05, 0) is 12.0 Å². The SMILES string of the molecule is CS(=O)(=O)NC(=O)CCC(N)c1ccccc1. The fraction of sp³-hybridized carbons (Fsp3) is 0.364. The lowest BCUT2D eigenvalue weighted by atomic mass is 10.0. The highest BCUT2D eigenvalue weighted by Crippen LogP contribution is 2.14. The normalized spacial score (nSPS) is 13.1. The van der Waals surface area contributed by atoms with Crippen molar-refractivity contribution in [2.75, 3.05) is 6.26 Å². The number of nitrogens with one attached hydrogen (secondary N) is 1. The molecule has 0 saturated heterocycles. The number of benzene rings is 1. The predicted molar refractivity (Wildman–Crippen MR) is 65.6 cm³/mol. The van der Waals surface area contributed by atoms with E-state index in [1.54, 1.807) is 0 Å². The Hall–Kier alpha value is -1.40. The summed E-state index contributed by atoms with van der Waals surface area (Å²) in [6.45, 7) is 0. The molecule has 0 aliphatic carbocycles. The van der Waals surface area contributed by atoms with E-state index in [0.717, 1.165) is 11.8 Å². The average molecular weight is 256 g/mol. The summed E-state index contributed by atoms with van der Waals surface area (Å²) in [4.78, 5) is 11.2. The molecule has 1 unspecified atom stereocenters. The smallest absolute Gasteiger partial charge is 0.233 e. The predicted octanol–water partition coefficient (Wildman–Crippen LogP) is 0.542. The molecule has 1 aromatic carbocycles. The molecule has 1 atom stereocenters. The zero-order chi connectivity index (χ0) is 12.9. The van der Waals surface area contributed by atoms with Gasteiger partial charge in [0.25, 0.3) is 0 Å². The molecule has 0 heterocycles. The Balaban J connectivity index is 2.44. The molecule has 3 N–H and O–H groups in total. The summed E-state index contributed by atoms with van der Waals surface area (Å²) in [6.07, 6.45) is 1.44. The molecule has 0 aromatic heterocycles. The van der Waals surface area contributed by atoms with Gasteiger partial charge in [-0.15, -0.1) is 0 Å². The maximum absolute atomic E-state index is 11.2. The van der Waals surface area contributed by atoms with Crippen LogP contribution in [-0.2, 0) is 14.8 Å². The van der Waals surface area contributed by atoms with Gasteiger partial charge in [0.1, 0.15) is 0 Å². The molecule has 0 spiro atoms. The van der Waals surface area contributed by atoms with Crippen LogP contribution in [0.2, 0.25) is 0 Å². The van der Waals surface area contributed by atoms with E-state index in [1.807, 2.05) is 35.1 Å². The highest BCUT2D eigenvalue weighted by atomic mass is 32.2.